The molecule has 0 saturated heterocycles. The quantitative estimate of drug-likeness (QED) is 0.638. The molecule has 0 aliphatic rings. The number of aliphatic hydroxyl groups is 1. The average molecular weight is 269 g/mol. The van der Waals surface area contributed by atoms with Gasteiger partial charge in [-0.1, -0.05) is 6.92 Å². The number of rotatable bonds is 9. The zero-order valence-corrected chi connectivity index (χ0v) is 11.9. The molecule has 0 aromatic carbocycles. The molecule has 0 radical (unpaired) electrons. The van der Waals surface area contributed by atoms with Gasteiger partial charge in [0.1, 0.15) is 0 Å². The normalized spacial score (nSPS) is 16.0. The van der Waals surface area contributed by atoms with Crippen LogP contribution in [0.2, 0.25) is 0 Å². The lowest BCUT2D eigenvalue weighted by Crippen LogP contribution is -2.40. The van der Waals surface area contributed by atoms with Crippen LogP contribution >= 0.6 is 11.8 Å². The van der Waals surface area contributed by atoms with E-state index < -0.39 is 9.84 Å². The Kier molecular flexibility index (Phi) is 8.45. The van der Waals surface area contributed by atoms with Gasteiger partial charge in [0.2, 0.25) is 0 Å². The van der Waals surface area contributed by atoms with Crippen molar-refractivity contribution in [3.05, 3.63) is 0 Å². The molecular formula is C10H23NO3S2. The average Bonchev–Trinajstić information content (AvgIpc) is 2.19. The van der Waals surface area contributed by atoms with Crippen LogP contribution in [0.25, 0.3) is 0 Å². The minimum absolute atomic E-state index is 0.108. The lowest BCUT2D eigenvalue weighted by atomic mass is 10.2. The smallest absolute Gasteiger partial charge is 0.151 e. The predicted molar refractivity (Wildman–Crippen MR) is 70.8 cm³/mol. The summed E-state index contributed by atoms with van der Waals surface area (Å²) in [5.74, 6) is 0.437. The third kappa shape index (κ3) is 6.73. The van der Waals surface area contributed by atoms with Gasteiger partial charge in [-0.15, -0.1) is 0 Å². The Labute approximate surface area is 103 Å². The van der Waals surface area contributed by atoms with E-state index in [0.29, 0.717) is 13.0 Å². The summed E-state index contributed by atoms with van der Waals surface area (Å²) < 4.78 is 22.9. The molecule has 2 unspecified atom stereocenters. The Balaban J connectivity index is 3.89. The van der Waals surface area contributed by atoms with Crippen LogP contribution in [-0.4, -0.2) is 55.7 Å². The molecule has 0 rings (SSSR count). The monoisotopic (exact) mass is 269 g/mol. The minimum atomic E-state index is -2.90. The van der Waals surface area contributed by atoms with Crippen molar-refractivity contribution in [3.8, 4) is 0 Å². The summed E-state index contributed by atoms with van der Waals surface area (Å²) in [6, 6.07) is 0.122. The molecule has 0 bridgehead atoms. The molecule has 2 atom stereocenters. The SMILES string of the molecule is CCCS(=O)(=O)CCNC(C)C(CO)SC. The van der Waals surface area contributed by atoms with Gasteiger partial charge < -0.3 is 10.4 Å². The van der Waals surface area contributed by atoms with Crippen molar-refractivity contribution in [2.45, 2.75) is 31.6 Å². The zero-order chi connectivity index (χ0) is 12.6. The highest BCUT2D eigenvalue weighted by atomic mass is 32.2. The highest BCUT2D eigenvalue weighted by Gasteiger charge is 2.15. The highest BCUT2D eigenvalue weighted by molar-refractivity contribution is 7.99. The van der Waals surface area contributed by atoms with Crippen LogP contribution in [-0.2, 0) is 9.84 Å². The van der Waals surface area contributed by atoms with E-state index in [2.05, 4.69) is 5.32 Å². The maximum atomic E-state index is 11.4. The second-order valence-corrected chi connectivity index (χ2v) is 7.23. The third-order valence-corrected chi connectivity index (χ3v) is 5.45. The number of hydrogen-bond acceptors (Lipinski definition) is 5. The Morgan fingerprint density at radius 3 is 2.44 bits per heavy atom. The molecule has 0 amide bonds. The maximum Gasteiger partial charge on any atom is 0.151 e. The van der Waals surface area contributed by atoms with Gasteiger partial charge in [0.15, 0.2) is 9.84 Å². The fourth-order valence-electron chi connectivity index (χ4n) is 1.42. The minimum Gasteiger partial charge on any atom is -0.395 e. The van der Waals surface area contributed by atoms with Crippen molar-refractivity contribution in [1.29, 1.82) is 0 Å². The summed E-state index contributed by atoms with van der Waals surface area (Å²) >= 11 is 1.58. The van der Waals surface area contributed by atoms with Gasteiger partial charge in [0.05, 0.1) is 12.4 Å². The van der Waals surface area contributed by atoms with E-state index in [1.54, 1.807) is 11.8 Å². The van der Waals surface area contributed by atoms with Gasteiger partial charge in [-0.05, 0) is 19.6 Å². The second-order valence-electron chi connectivity index (χ2n) is 3.85. The fraction of sp³-hybridized carbons (Fsp3) is 1.00. The van der Waals surface area contributed by atoms with Crippen LogP contribution in [0.5, 0.6) is 0 Å². The molecule has 0 fully saturated rings. The molecule has 16 heavy (non-hydrogen) atoms. The first-order chi connectivity index (χ1) is 7.46. The Hall–Kier alpha value is 0.220. The molecular weight excluding hydrogens is 246 g/mol. The first-order valence-corrected chi connectivity index (χ1v) is 8.65. The topological polar surface area (TPSA) is 66.4 Å². The van der Waals surface area contributed by atoms with Crippen LogP contribution < -0.4 is 5.32 Å². The van der Waals surface area contributed by atoms with Gasteiger partial charge in [0, 0.05) is 23.6 Å². The molecule has 0 aromatic rings. The lowest BCUT2D eigenvalue weighted by molar-refractivity contribution is 0.277. The van der Waals surface area contributed by atoms with E-state index in [-0.39, 0.29) is 29.4 Å². The van der Waals surface area contributed by atoms with Gasteiger partial charge in [-0.2, -0.15) is 11.8 Å². The number of thioether (sulfide) groups is 1. The van der Waals surface area contributed by atoms with Crippen LogP contribution in [0.1, 0.15) is 20.3 Å². The van der Waals surface area contributed by atoms with Crippen molar-refractivity contribution in [2.24, 2.45) is 0 Å². The summed E-state index contributed by atoms with van der Waals surface area (Å²) in [7, 11) is -2.90. The van der Waals surface area contributed by atoms with Gasteiger partial charge in [-0.3, -0.25) is 0 Å². The van der Waals surface area contributed by atoms with Gasteiger partial charge in [0.25, 0.3) is 0 Å². The van der Waals surface area contributed by atoms with Crippen molar-refractivity contribution in [1.82, 2.24) is 5.32 Å². The van der Waals surface area contributed by atoms with Gasteiger partial charge >= 0.3 is 0 Å². The van der Waals surface area contributed by atoms with E-state index in [0.717, 1.165) is 0 Å². The number of aliphatic hydroxyl groups excluding tert-OH is 1. The Bertz CT molecular complexity index is 263. The van der Waals surface area contributed by atoms with E-state index in [9.17, 15) is 8.42 Å². The molecule has 0 saturated carbocycles. The Morgan fingerprint density at radius 1 is 1.38 bits per heavy atom. The summed E-state index contributed by atoms with van der Waals surface area (Å²) in [4.78, 5) is 0. The summed E-state index contributed by atoms with van der Waals surface area (Å²) in [6.07, 6.45) is 2.61. The van der Waals surface area contributed by atoms with E-state index in [1.165, 1.54) is 0 Å². The van der Waals surface area contributed by atoms with Crippen molar-refractivity contribution < 1.29 is 13.5 Å². The van der Waals surface area contributed by atoms with Crippen molar-refractivity contribution >= 4 is 21.6 Å². The van der Waals surface area contributed by atoms with E-state index in [4.69, 9.17) is 5.11 Å². The molecule has 2 N–H and O–H groups in total. The van der Waals surface area contributed by atoms with Crippen LogP contribution in [0, 0.1) is 0 Å². The molecule has 0 spiro atoms. The highest BCUT2D eigenvalue weighted by Crippen LogP contribution is 2.09. The number of nitrogens with one attached hydrogen (secondary N) is 1. The largest absolute Gasteiger partial charge is 0.395 e. The molecule has 4 nitrogen and oxygen atoms in total. The molecule has 98 valence electrons. The second kappa shape index (κ2) is 8.33. The molecule has 0 aromatic heterocycles. The van der Waals surface area contributed by atoms with E-state index in [1.807, 2.05) is 20.1 Å². The molecule has 6 heteroatoms. The summed E-state index contributed by atoms with van der Waals surface area (Å²) in [6.45, 7) is 4.39. The first-order valence-electron chi connectivity index (χ1n) is 5.54. The number of hydrogen-bond donors (Lipinski definition) is 2. The van der Waals surface area contributed by atoms with Crippen LogP contribution in [0.4, 0.5) is 0 Å². The maximum absolute atomic E-state index is 11.4. The molecule has 0 heterocycles. The van der Waals surface area contributed by atoms with Crippen molar-refractivity contribution in [2.75, 3.05) is 30.9 Å². The molecule has 0 aliphatic carbocycles. The summed E-state index contributed by atoms with van der Waals surface area (Å²) in [5.41, 5.74) is 0. The molecule has 0 aliphatic heterocycles. The standard InChI is InChI=1S/C10H23NO3S2/c1-4-6-16(13,14)7-5-11-9(2)10(8-12)15-3/h9-12H,4-8H2,1-3H3. The Morgan fingerprint density at radius 2 is 2.00 bits per heavy atom. The van der Waals surface area contributed by atoms with Crippen LogP contribution in [0.15, 0.2) is 0 Å². The predicted octanol–water partition coefficient (Wildman–Crippen LogP) is 0.513. The van der Waals surface area contributed by atoms with Gasteiger partial charge in [-0.25, -0.2) is 8.42 Å². The lowest BCUT2D eigenvalue weighted by Gasteiger charge is -2.21. The van der Waals surface area contributed by atoms with E-state index >= 15 is 0 Å². The summed E-state index contributed by atoms with van der Waals surface area (Å²) in [5, 5.41) is 12.3. The number of sulfone groups is 1. The first kappa shape index (κ1) is 16.2. The van der Waals surface area contributed by atoms with Crippen molar-refractivity contribution in [3.63, 3.8) is 0 Å². The zero-order valence-electron chi connectivity index (χ0n) is 10.3. The fourth-order valence-corrected chi connectivity index (χ4v) is 3.33. The van der Waals surface area contributed by atoms with Crippen LogP contribution in [0.3, 0.4) is 0 Å². The third-order valence-electron chi connectivity index (χ3n) is 2.43.